The van der Waals surface area contributed by atoms with Crippen molar-refractivity contribution in [2.24, 2.45) is 5.73 Å². The van der Waals surface area contributed by atoms with Crippen molar-refractivity contribution in [2.45, 2.75) is 25.6 Å². The highest BCUT2D eigenvalue weighted by Crippen LogP contribution is 2.32. The minimum Gasteiger partial charge on any atom is -0.384 e. The van der Waals surface area contributed by atoms with Crippen molar-refractivity contribution in [1.29, 1.82) is 0 Å². The van der Waals surface area contributed by atoms with Gasteiger partial charge in [-0.15, -0.1) is 0 Å². The number of nitrogen functional groups attached to an aromatic ring is 1. The van der Waals surface area contributed by atoms with Gasteiger partial charge in [0.05, 0.1) is 11.1 Å². The summed E-state index contributed by atoms with van der Waals surface area (Å²) >= 11 is 0. The van der Waals surface area contributed by atoms with Crippen LogP contribution >= 0.6 is 0 Å². The van der Waals surface area contributed by atoms with Gasteiger partial charge in [-0.1, -0.05) is 11.8 Å². The van der Waals surface area contributed by atoms with Crippen molar-refractivity contribution in [1.82, 2.24) is 4.98 Å². The van der Waals surface area contributed by atoms with Crippen LogP contribution in [-0.2, 0) is 6.18 Å². The van der Waals surface area contributed by atoms with E-state index in [2.05, 4.69) is 16.8 Å². The third-order valence-corrected chi connectivity index (χ3v) is 1.88. The third kappa shape index (κ3) is 3.96. The first kappa shape index (κ1) is 13.3. The number of halogens is 3. The first-order valence-corrected chi connectivity index (χ1v) is 4.88. The highest BCUT2D eigenvalue weighted by Gasteiger charge is 2.33. The van der Waals surface area contributed by atoms with E-state index in [1.165, 1.54) is 0 Å². The number of pyridine rings is 1. The van der Waals surface area contributed by atoms with Gasteiger partial charge in [0.25, 0.3) is 0 Å². The number of nitrogens with zero attached hydrogens (tertiary/aromatic N) is 1. The summed E-state index contributed by atoms with van der Waals surface area (Å²) in [7, 11) is 0. The van der Waals surface area contributed by atoms with E-state index in [4.69, 9.17) is 11.5 Å². The quantitative estimate of drug-likeness (QED) is 0.739. The lowest BCUT2D eigenvalue weighted by atomic mass is 10.1. The lowest BCUT2D eigenvalue weighted by Crippen LogP contribution is -2.13. The maximum atomic E-state index is 12.6. The molecule has 0 radical (unpaired) electrons. The first-order valence-electron chi connectivity index (χ1n) is 4.88. The molecule has 0 fully saturated rings. The Morgan fingerprint density at radius 1 is 1.47 bits per heavy atom. The smallest absolute Gasteiger partial charge is 0.384 e. The predicted molar refractivity (Wildman–Crippen MR) is 58.8 cm³/mol. The van der Waals surface area contributed by atoms with Crippen LogP contribution in [0.3, 0.4) is 0 Å². The SMILES string of the molecule is C[C@H](N)CC#Cc1cnc(N)cc1C(F)(F)F. The Morgan fingerprint density at radius 3 is 2.65 bits per heavy atom. The van der Waals surface area contributed by atoms with Gasteiger partial charge < -0.3 is 11.5 Å². The Labute approximate surface area is 97.0 Å². The van der Waals surface area contributed by atoms with Crippen LogP contribution in [0.4, 0.5) is 19.0 Å². The summed E-state index contributed by atoms with van der Waals surface area (Å²) in [6.07, 6.45) is -3.15. The van der Waals surface area contributed by atoms with E-state index in [1.54, 1.807) is 6.92 Å². The van der Waals surface area contributed by atoms with Crippen molar-refractivity contribution >= 4 is 5.82 Å². The largest absolute Gasteiger partial charge is 0.417 e. The molecule has 0 unspecified atom stereocenters. The number of hydrogen-bond acceptors (Lipinski definition) is 3. The molecule has 0 saturated carbocycles. The molecule has 4 N–H and O–H groups in total. The summed E-state index contributed by atoms with van der Waals surface area (Å²) in [5.41, 5.74) is 9.61. The molecule has 0 aliphatic rings. The van der Waals surface area contributed by atoms with E-state index in [0.29, 0.717) is 6.42 Å². The fourth-order valence-electron chi connectivity index (χ4n) is 1.11. The van der Waals surface area contributed by atoms with E-state index in [0.717, 1.165) is 12.3 Å². The van der Waals surface area contributed by atoms with Gasteiger partial charge in [-0.2, -0.15) is 13.2 Å². The highest BCUT2D eigenvalue weighted by molar-refractivity contribution is 5.46. The number of anilines is 1. The molecule has 0 spiro atoms. The van der Waals surface area contributed by atoms with E-state index >= 15 is 0 Å². The van der Waals surface area contributed by atoms with Crippen LogP contribution in [0, 0.1) is 11.8 Å². The zero-order chi connectivity index (χ0) is 13.1. The second-order valence-electron chi connectivity index (χ2n) is 3.64. The minimum absolute atomic E-state index is 0.182. The van der Waals surface area contributed by atoms with E-state index in [1.807, 2.05) is 0 Å². The lowest BCUT2D eigenvalue weighted by molar-refractivity contribution is -0.137. The number of aromatic nitrogens is 1. The molecule has 1 atom stereocenters. The van der Waals surface area contributed by atoms with E-state index < -0.39 is 11.7 Å². The maximum Gasteiger partial charge on any atom is 0.417 e. The van der Waals surface area contributed by atoms with Crippen LogP contribution in [0.1, 0.15) is 24.5 Å². The van der Waals surface area contributed by atoms with Crippen molar-refractivity contribution in [3.05, 3.63) is 23.4 Å². The molecule has 1 aromatic rings. The Hall–Kier alpha value is -1.74. The summed E-state index contributed by atoms with van der Waals surface area (Å²) in [6.45, 7) is 1.72. The van der Waals surface area contributed by atoms with Gasteiger partial charge in [0.2, 0.25) is 0 Å². The van der Waals surface area contributed by atoms with E-state index in [-0.39, 0.29) is 17.4 Å². The molecule has 0 saturated heterocycles. The lowest BCUT2D eigenvalue weighted by Gasteiger charge is -2.09. The molecule has 17 heavy (non-hydrogen) atoms. The molecule has 1 heterocycles. The van der Waals surface area contributed by atoms with Crippen LogP contribution < -0.4 is 11.5 Å². The standard InChI is InChI=1S/C11H12F3N3/c1-7(15)3-2-4-8-6-17-10(16)5-9(8)11(12,13)14/h5-7H,3,15H2,1H3,(H2,16,17)/t7-/m0/s1. The monoisotopic (exact) mass is 243 g/mol. The zero-order valence-corrected chi connectivity index (χ0v) is 9.17. The van der Waals surface area contributed by atoms with Gasteiger partial charge in [-0.3, -0.25) is 0 Å². The van der Waals surface area contributed by atoms with Gasteiger partial charge in [0.1, 0.15) is 5.82 Å². The van der Waals surface area contributed by atoms with Crippen molar-refractivity contribution in [3.8, 4) is 11.8 Å². The molecule has 0 aliphatic carbocycles. The second kappa shape index (κ2) is 5.06. The molecular formula is C11H12F3N3. The normalized spacial score (nSPS) is 12.8. The van der Waals surface area contributed by atoms with Gasteiger partial charge in [-0.25, -0.2) is 4.98 Å². The molecule has 1 aromatic heterocycles. The fourth-order valence-corrected chi connectivity index (χ4v) is 1.11. The third-order valence-electron chi connectivity index (χ3n) is 1.88. The molecule has 0 amide bonds. The van der Waals surface area contributed by atoms with Crippen molar-refractivity contribution < 1.29 is 13.2 Å². The topological polar surface area (TPSA) is 64.9 Å². The molecule has 1 rings (SSSR count). The zero-order valence-electron chi connectivity index (χ0n) is 9.17. The average Bonchev–Trinajstić information content (AvgIpc) is 2.18. The summed E-state index contributed by atoms with van der Waals surface area (Å²) in [6, 6.07) is 0.592. The van der Waals surface area contributed by atoms with Crippen LogP contribution in [0.25, 0.3) is 0 Å². The molecular weight excluding hydrogens is 231 g/mol. The summed E-state index contributed by atoms with van der Waals surface area (Å²) < 4.78 is 37.9. The molecule has 3 nitrogen and oxygen atoms in total. The second-order valence-corrected chi connectivity index (χ2v) is 3.64. The van der Waals surface area contributed by atoms with Gasteiger partial charge in [0, 0.05) is 18.7 Å². The van der Waals surface area contributed by atoms with Crippen LogP contribution in [-0.4, -0.2) is 11.0 Å². The minimum atomic E-state index is -4.49. The number of alkyl halides is 3. The predicted octanol–water partition coefficient (Wildman–Crippen LogP) is 1.77. The van der Waals surface area contributed by atoms with Crippen molar-refractivity contribution in [3.63, 3.8) is 0 Å². The summed E-state index contributed by atoms with van der Waals surface area (Å²) in [4.78, 5) is 3.60. The molecule has 0 aromatic carbocycles. The number of nitrogens with two attached hydrogens (primary N) is 2. The first-order chi connectivity index (χ1) is 7.80. The Bertz CT molecular complexity index is 455. The Morgan fingerprint density at radius 2 is 2.12 bits per heavy atom. The fraction of sp³-hybridized carbons (Fsp3) is 0.364. The molecule has 0 aliphatic heterocycles. The van der Waals surface area contributed by atoms with Crippen LogP contribution in [0.15, 0.2) is 12.3 Å². The average molecular weight is 243 g/mol. The molecule has 6 heteroatoms. The number of rotatable bonds is 1. The number of hydrogen-bond donors (Lipinski definition) is 2. The van der Waals surface area contributed by atoms with Crippen LogP contribution in [0.5, 0.6) is 0 Å². The maximum absolute atomic E-state index is 12.6. The highest BCUT2D eigenvalue weighted by atomic mass is 19.4. The summed E-state index contributed by atoms with van der Waals surface area (Å²) in [5, 5.41) is 0. The Kier molecular flexibility index (Phi) is 3.97. The molecule has 0 bridgehead atoms. The van der Waals surface area contributed by atoms with Crippen molar-refractivity contribution in [2.75, 3.05) is 5.73 Å². The van der Waals surface area contributed by atoms with Crippen LogP contribution in [0.2, 0.25) is 0 Å². The Balaban J connectivity index is 3.10. The van der Waals surface area contributed by atoms with Gasteiger partial charge in [0.15, 0.2) is 0 Å². The van der Waals surface area contributed by atoms with Gasteiger partial charge in [-0.05, 0) is 13.0 Å². The van der Waals surface area contributed by atoms with Gasteiger partial charge >= 0.3 is 6.18 Å². The summed E-state index contributed by atoms with van der Waals surface area (Å²) in [5.74, 6) is 4.80. The van der Waals surface area contributed by atoms with E-state index in [9.17, 15) is 13.2 Å². The molecule has 92 valence electrons.